The van der Waals surface area contributed by atoms with E-state index in [9.17, 15) is 9.50 Å². The Bertz CT molecular complexity index is 652. The zero-order valence-corrected chi connectivity index (χ0v) is 10.9. The highest BCUT2D eigenvalue weighted by molar-refractivity contribution is 6.28. The first-order chi connectivity index (χ1) is 9.52. The molecule has 4 atom stereocenters. The van der Waals surface area contributed by atoms with Crippen LogP contribution in [0.1, 0.15) is 6.23 Å². The van der Waals surface area contributed by atoms with E-state index in [2.05, 4.69) is 9.97 Å². The van der Waals surface area contributed by atoms with Crippen LogP contribution in [-0.4, -0.2) is 49.7 Å². The van der Waals surface area contributed by atoms with Gasteiger partial charge in [0, 0.05) is 6.20 Å². The molecular formula is C11H12ClFN4O3. The maximum absolute atomic E-state index is 14.1. The second-order valence-corrected chi connectivity index (χ2v) is 4.86. The number of aliphatic hydroxyl groups excluding tert-OH is 2. The molecule has 0 spiro atoms. The van der Waals surface area contributed by atoms with Gasteiger partial charge in [0.25, 0.3) is 0 Å². The summed E-state index contributed by atoms with van der Waals surface area (Å²) in [6.07, 6.45) is -3.67. The van der Waals surface area contributed by atoms with E-state index in [-0.39, 0.29) is 11.1 Å². The predicted octanol–water partition coefficient (Wildman–Crippen LogP) is 0.256. The van der Waals surface area contributed by atoms with E-state index < -0.39 is 31.2 Å². The Balaban J connectivity index is 2.07. The van der Waals surface area contributed by atoms with E-state index in [0.717, 1.165) is 0 Å². The second-order valence-electron chi connectivity index (χ2n) is 4.52. The number of anilines is 1. The van der Waals surface area contributed by atoms with Crippen LogP contribution in [0.5, 0.6) is 0 Å². The molecule has 3 rings (SSSR count). The van der Waals surface area contributed by atoms with Crippen molar-refractivity contribution in [3.63, 3.8) is 0 Å². The van der Waals surface area contributed by atoms with Crippen LogP contribution in [0.4, 0.5) is 10.2 Å². The molecule has 0 amide bonds. The monoisotopic (exact) mass is 302 g/mol. The third-order valence-electron chi connectivity index (χ3n) is 3.32. The van der Waals surface area contributed by atoms with Crippen LogP contribution in [0.3, 0.4) is 0 Å². The average molecular weight is 303 g/mol. The van der Waals surface area contributed by atoms with Crippen molar-refractivity contribution in [2.75, 3.05) is 12.3 Å². The van der Waals surface area contributed by atoms with Crippen LogP contribution >= 0.6 is 11.6 Å². The summed E-state index contributed by atoms with van der Waals surface area (Å²) in [5.41, 5.74) is 6.02. The molecule has 7 nitrogen and oxygen atoms in total. The van der Waals surface area contributed by atoms with Gasteiger partial charge in [0.1, 0.15) is 23.7 Å². The molecule has 0 aliphatic carbocycles. The van der Waals surface area contributed by atoms with E-state index in [0.29, 0.717) is 11.0 Å². The first kappa shape index (κ1) is 13.5. The Labute approximate surface area is 117 Å². The van der Waals surface area contributed by atoms with Gasteiger partial charge in [0.05, 0.1) is 12.0 Å². The summed E-state index contributed by atoms with van der Waals surface area (Å²) < 4.78 is 20.8. The molecule has 9 heteroatoms. The van der Waals surface area contributed by atoms with Crippen LogP contribution < -0.4 is 5.73 Å². The van der Waals surface area contributed by atoms with Gasteiger partial charge in [-0.1, -0.05) is 0 Å². The molecule has 0 aromatic carbocycles. The Morgan fingerprint density at radius 2 is 2.25 bits per heavy atom. The fourth-order valence-corrected chi connectivity index (χ4v) is 2.48. The Kier molecular flexibility index (Phi) is 3.25. The number of aliphatic hydroxyl groups is 2. The largest absolute Gasteiger partial charge is 0.394 e. The SMILES string of the molecule is Nc1nc(Cl)nc2c1ccn2[C@@H]1O[C@H](CO)C(O)[C@H]1F. The van der Waals surface area contributed by atoms with Crippen LogP contribution in [0.2, 0.25) is 5.28 Å². The lowest BCUT2D eigenvalue weighted by Crippen LogP contribution is -2.30. The summed E-state index contributed by atoms with van der Waals surface area (Å²) in [4.78, 5) is 7.80. The minimum absolute atomic E-state index is 0.0670. The normalized spacial score (nSPS) is 30.2. The third-order valence-corrected chi connectivity index (χ3v) is 3.49. The fraction of sp³-hybridized carbons (Fsp3) is 0.455. The maximum atomic E-state index is 14.1. The van der Waals surface area contributed by atoms with Gasteiger partial charge in [-0.25, -0.2) is 9.37 Å². The molecule has 2 aromatic heterocycles. The molecule has 1 fully saturated rings. The van der Waals surface area contributed by atoms with Crippen molar-refractivity contribution in [2.24, 2.45) is 0 Å². The van der Waals surface area contributed by atoms with Gasteiger partial charge in [-0.2, -0.15) is 4.98 Å². The number of aromatic nitrogens is 3. The lowest BCUT2D eigenvalue weighted by molar-refractivity contribution is -0.0457. The molecule has 20 heavy (non-hydrogen) atoms. The van der Waals surface area contributed by atoms with Crippen LogP contribution in [0.15, 0.2) is 12.3 Å². The van der Waals surface area contributed by atoms with E-state index >= 15 is 0 Å². The first-order valence-corrected chi connectivity index (χ1v) is 6.28. The maximum Gasteiger partial charge on any atom is 0.226 e. The van der Waals surface area contributed by atoms with Gasteiger partial charge < -0.3 is 25.3 Å². The molecule has 0 radical (unpaired) electrons. The summed E-state index contributed by atoms with van der Waals surface area (Å²) in [6.45, 7) is -0.477. The summed E-state index contributed by atoms with van der Waals surface area (Å²) >= 11 is 5.74. The highest BCUT2D eigenvalue weighted by Crippen LogP contribution is 2.34. The molecule has 108 valence electrons. The van der Waals surface area contributed by atoms with Gasteiger partial charge in [-0.05, 0) is 17.7 Å². The van der Waals surface area contributed by atoms with Crippen LogP contribution in [0, 0.1) is 0 Å². The summed E-state index contributed by atoms with van der Waals surface area (Å²) in [6, 6.07) is 1.61. The number of hydrogen-bond acceptors (Lipinski definition) is 6. The van der Waals surface area contributed by atoms with Crippen molar-refractivity contribution in [3.05, 3.63) is 17.5 Å². The number of ether oxygens (including phenoxy) is 1. The van der Waals surface area contributed by atoms with Gasteiger partial charge in [0.2, 0.25) is 5.28 Å². The first-order valence-electron chi connectivity index (χ1n) is 5.91. The summed E-state index contributed by atoms with van der Waals surface area (Å²) in [5, 5.41) is 19.1. The predicted molar refractivity (Wildman–Crippen MR) is 68.8 cm³/mol. The third kappa shape index (κ3) is 1.92. The number of hydrogen-bond donors (Lipinski definition) is 3. The number of nitrogen functional groups attached to an aromatic ring is 1. The van der Waals surface area contributed by atoms with E-state index in [1.54, 1.807) is 6.07 Å². The van der Waals surface area contributed by atoms with Crippen LogP contribution in [0.25, 0.3) is 11.0 Å². The van der Waals surface area contributed by atoms with Gasteiger partial charge in [-0.3, -0.25) is 0 Å². The van der Waals surface area contributed by atoms with Gasteiger partial charge >= 0.3 is 0 Å². The van der Waals surface area contributed by atoms with Crippen LogP contribution in [-0.2, 0) is 4.74 Å². The van der Waals surface area contributed by atoms with Crippen molar-refractivity contribution < 1.29 is 19.3 Å². The average Bonchev–Trinajstić information content (AvgIpc) is 2.93. The topological polar surface area (TPSA) is 106 Å². The highest BCUT2D eigenvalue weighted by atomic mass is 35.5. The smallest absolute Gasteiger partial charge is 0.226 e. The highest BCUT2D eigenvalue weighted by Gasteiger charge is 2.45. The molecule has 1 saturated heterocycles. The number of nitrogens with two attached hydrogens (primary N) is 1. The molecule has 1 unspecified atom stereocenters. The zero-order valence-electron chi connectivity index (χ0n) is 10.1. The lowest BCUT2D eigenvalue weighted by Gasteiger charge is -2.16. The molecule has 0 bridgehead atoms. The number of fused-ring (bicyclic) bond motifs is 1. The van der Waals surface area contributed by atoms with Crippen molar-refractivity contribution >= 4 is 28.5 Å². The summed E-state index contributed by atoms with van der Waals surface area (Å²) in [7, 11) is 0. The standard InChI is InChI=1S/C11H12ClFN4O3/c12-11-15-8(14)4-1-2-17(9(4)16-11)10-6(13)7(19)5(3-18)20-10/h1-2,5-7,10,18-19H,3H2,(H2,14,15,16)/t5-,6-,7?,10-/m1/s1. The van der Waals surface area contributed by atoms with E-state index in [1.165, 1.54) is 10.8 Å². The van der Waals surface area contributed by atoms with Crippen molar-refractivity contribution in [2.45, 2.75) is 24.6 Å². The number of nitrogens with zero attached hydrogens (tertiary/aromatic N) is 3. The minimum Gasteiger partial charge on any atom is -0.394 e. The Hall–Kier alpha value is -1.48. The van der Waals surface area contributed by atoms with E-state index in [4.69, 9.17) is 27.2 Å². The quantitative estimate of drug-likeness (QED) is 0.687. The van der Waals surface area contributed by atoms with Gasteiger partial charge in [0.15, 0.2) is 12.4 Å². The molecule has 2 aromatic rings. The minimum atomic E-state index is -1.70. The van der Waals surface area contributed by atoms with E-state index in [1.807, 2.05) is 0 Å². The molecular weight excluding hydrogens is 291 g/mol. The van der Waals surface area contributed by atoms with Crippen molar-refractivity contribution in [1.29, 1.82) is 0 Å². The molecule has 4 N–H and O–H groups in total. The van der Waals surface area contributed by atoms with Crippen molar-refractivity contribution in [3.8, 4) is 0 Å². The van der Waals surface area contributed by atoms with Crippen molar-refractivity contribution in [1.82, 2.24) is 14.5 Å². The Morgan fingerprint density at radius 3 is 2.90 bits per heavy atom. The zero-order chi connectivity index (χ0) is 14.4. The summed E-state index contributed by atoms with van der Waals surface area (Å²) in [5.74, 6) is 0.173. The number of rotatable bonds is 2. The number of halogens is 2. The molecule has 1 aliphatic heterocycles. The molecule has 0 saturated carbocycles. The van der Waals surface area contributed by atoms with Gasteiger partial charge in [-0.15, -0.1) is 0 Å². The Morgan fingerprint density at radius 1 is 1.50 bits per heavy atom. The lowest BCUT2D eigenvalue weighted by atomic mass is 10.1. The molecule has 1 aliphatic rings. The number of alkyl halides is 1. The molecule has 3 heterocycles. The second kappa shape index (κ2) is 4.81. The fourth-order valence-electron chi connectivity index (χ4n) is 2.31.